The Morgan fingerprint density at radius 2 is 1.33 bits per heavy atom. The molecule has 0 saturated carbocycles. The van der Waals surface area contributed by atoms with Crippen molar-refractivity contribution < 1.29 is 174 Å². The number of carbonyl (C=O) groups excluding carboxylic acids is 2. The molecule has 0 amide bonds. The molecule has 11 heterocycles. The highest BCUT2D eigenvalue weighted by atomic mass is 35.5. The van der Waals surface area contributed by atoms with Crippen LogP contribution in [0.2, 0.25) is 10.0 Å². The van der Waals surface area contributed by atoms with Crippen LogP contribution in [-0.4, -0.2) is 318 Å². The first-order chi connectivity index (χ1) is 51.5. The van der Waals surface area contributed by atoms with Gasteiger partial charge in [-0.1, -0.05) is 30.1 Å². The van der Waals surface area contributed by atoms with Crippen LogP contribution in [-0.2, 0) is 109 Å². The van der Waals surface area contributed by atoms with Gasteiger partial charge in [0.15, 0.2) is 67.6 Å². The van der Waals surface area contributed by atoms with Gasteiger partial charge in [0.1, 0.15) is 125 Å². The summed E-state index contributed by atoms with van der Waals surface area (Å²) in [7, 11) is 3.85. The van der Waals surface area contributed by atoms with Crippen molar-refractivity contribution in [3.63, 3.8) is 0 Å². The van der Waals surface area contributed by atoms with Crippen molar-refractivity contribution in [1.82, 2.24) is 0 Å². The number of carbonyl (C=O) groups is 2. The van der Waals surface area contributed by atoms with Gasteiger partial charge in [0, 0.05) is 44.5 Å². The van der Waals surface area contributed by atoms with E-state index in [1.807, 2.05) is 0 Å². The molecule has 40 heteroatoms. The molecule has 0 bridgehead atoms. The Kier molecular flexibility index (Phi) is 24.2. The lowest BCUT2D eigenvalue weighted by Crippen LogP contribution is -2.67. The zero-order valence-corrected chi connectivity index (χ0v) is 63.2. The summed E-state index contributed by atoms with van der Waals surface area (Å²) in [6.07, 6.45) is -39.9. The molecule has 612 valence electrons. The Morgan fingerprint density at radius 1 is 0.624 bits per heavy atom. The fourth-order valence-electron chi connectivity index (χ4n) is 16.5. The summed E-state index contributed by atoms with van der Waals surface area (Å²) in [5.74, 6) is -8.17. The van der Waals surface area contributed by atoms with Gasteiger partial charge in [0.05, 0.1) is 87.5 Å². The third kappa shape index (κ3) is 15.1. The van der Waals surface area contributed by atoms with Crippen LogP contribution in [0.1, 0.15) is 106 Å². The van der Waals surface area contributed by atoms with Crippen LogP contribution in [0.25, 0.3) is 0 Å². The number of phenolic OH excluding ortho intramolecular Hbond substituents is 3. The number of rotatable bonds is 19. The van der Waals surface area contributed by atoms with Crippen molar-refractivity contribution in [2.45, 2.75) is 296 Å². The highest BCUT2D eigenvalue weighted by Crippen LogP contribution is 2.53. The summed E-state index contributed by atoms with van der Waals surface area (Å²) in [6.45, 7) is 14.3. The summed E-state index contributed by atoms with van der Waals surface area (Å²) in [5, 5.41) is 115. The van der Waals surface area contributed by atoms with Gasteiger partial charge in [0.25, 0.3) is 11.5 Å². The van der Waals surface area contributed by atoms with Gasteiger partial charge in [-0.15, -0.1) is 0 Å². The first-order valence-corrected chi connectivity index (χ1v) is 36.6. The zero-order chi connectivity index (χ0) is 78.7. The van der Waals surface area contributed by atoms with Gasteiger partial charge < -0.3 is 160 Å². The number of methoxy groups -OCH3 is 3. The molecular formula is C69H95Cl2NO37. The second kappa shape index (κ2) is 31.9. The van der Waals surface area contributed by atoms with Crippen LogP contribution in [0, 0.1) is 29.9 Å². The van der Waals surface area contributed by atoms with Crippen LogP contribution >= 0.6 is 23.2 Å². The van der Waals surface area contributed by atoms with E-state index in [1.54, 1.807) is 34.6 Å². The molecular weight excluding hydrogens is 1510 g/mol. The molecule has 35 atom stereocenters. The number of phenols is 3. The van der Waals surface area contributed by atoms with Gasteiger partial charge >= 0.3 is 17.9 Å². The zero-order valence-electron chi connectivity index (χ0n) is 61.7. The number of aryl methyl sites for hydroxylation is 1. The monoisotopic (exact) mass is 1600 g/mol. The van der Waals surface area contributed by atoms with E-state index in [1.165, 1.54) is 62.0 Å². The number of aliphatic hydroxyl groups is 6. The van der Waals surface area contributed by atoms with Gasteiger partial charge in [0.2, 0.25) is 0 Å². The number of ether oxygens (including phenoxy) is 24. The normalized spacial score (nSPS) is 46.3. The Labute approximate surface area is 634 Å². The predicted octanol–water partition coefficient (Wildman–Crippen LogP) is 1.23. The van der Waals surface area contributed by atoms with Crippen LogP contribution < -0.4 is 4.74 Å². The summed E-state index contributed by atoms with van der Waals surface area (Å²) >= 11 is 12.7. The number of benzene rings is 2. The van der Waals surface area contributed by atoms with Gasteiger partial charge in [-0.3, -0.25) is 10.1 Å². The molecule has 11 aliphatic rings. The second-order valence-electron chi connectivity index (χ2n) is 29.8. The minimum absolute atomic E-state index is 0.0587. The molecule has 13 rings (SSSR count). The Balaban J connectivity index is 0.637. The second-order valence-corrected chi connectivity index (χ2v) is 30.6. The summed E-state index contributed by atoms with van der Waals surface area (Å²) in [4.78, 5) is 39.4. The maximum atomic E-state index is 14.2. The lowest BCUT2D eigenvalue weighted by Gasteiger charge is -2.50. The summed E-state index contributed by atoms with van der Waals surface area (Å²) < 4.78 is 148. The number of nitrogens with zero attached hydrogens (tertiary/aromatic N) is 1. The molecule has 38 nitrogen and oxygen atoms in total. The van der Waals surface area contributed by atoms with Gasteiger partial charge in [-0.2, -0.15) is 0 Å². The maximum absolute atomic E-state index is 14.2. The highest BCUT2D eigenvalue weighted by molar-refractivity contribution is 6.39. The quantitative estimate of drug-likeness (QED) is 0.0542. The lowest BCUT2D eigenvalue weighted by molar-refractivity contribution is -0.594. The number of hydrogen-bond acceptors (Lipinski definition) is 37. The maximum Gasteiger partial charge on any atom is 0.342 e. The van der Waals surface area contributed by atoms with Crippen LogP contribution in [0.5, 0.6) is 23.0 Å². The SMILES string of the molecule is COC[C@H]1O[C@@H](O[C@@H]2OC[C@@H]3OC4(OC[C@@H](OC(=O)c5c(C)cc(O)cc5O)[C@@H]5OCO[C@H]54)O[C@H]3[C@H]2O)[C@@H](OC)[C@@H](O)[C@@H]1O[C@@H]1O[C@H](C)[C@H](C)[C@H](O[C@@H]2O[C@H](C)[C@H]3O[C@]4(C[C@@H](O)[C@H](O[C@H]5C[C@@H](O[C@H]6C[C@](C)([N+](=O)[O-])[C@@H](O)[C@H](C)O6)[C@H](OC(=O)c6c(C)c(Cl)c(O)c(Cl)c6OC)[C@@H](C)O5)[C@@H](C)O4)O[C@]3(C)[C@@H]2O)[C@H]1O. The number of fused-ring (bicyclic) bond motifs is 4. The lowest BCUT2D eigenvalue weighted by atomic mass is 9.86. The number of esters is 2. The minimum atomic E-state index is -2.05. The van der Waals surface area contributed by atoms with Crippen molar-refractivity contribution in [1.29, 1.82) is 0 Å². The molecule has 11 aliphatic heterocycles. The van der Waals surface area contributed by atoms with Crippen LogP contribution in [0.3, 0.4) is 0 Å². The fraction of sp³-hybridized carbons (Fsp3) is 0.797. The molecule has 1 unspecified atom stereocenters. The van der Waals surface area contributed by atoms with Crippen LogP contribution in [0.4, 0.5) is 0 Å². The molecule has 2 spiro atoms. The van der Waals surface area contributed by atoms with Gasteiger partial charge in [-0.25, -0.2) is 9.59 Å². The van der Waals surface area contributed by atoms with E-state index in [0.29, 0.717) is 0 Å². The molecule has 0 aromatic heterocycles. The van der Waals surface area contributed by atoms with Crippen molar-refractivity contribution >= 4 is 35.1 Å². The van der Waals surface area contributed by atoms with Crippen molar-refractivity contribution in [2.75, 3.05) is 47.9 Å². The topological polar surface area (TPSA) is 481 Å². The fourth-order valence-corrected chi connectivity index (χ4v) is 17.0. The van der Waals surface area contributed by atoms with Crippen molar-refractivity contribution in [3.05, 3.63) is 54.5 Å². The molecule has 2 aromatic carbocycles. The van der Waals surface area contributed by atoms with Gasteiger partial charge in [-0.05, 0) is 72.6 Å². The number of hydrogen-bond donors (Lipinski definition) is 9. The van der Waals surface area contributed by atoms with E-state index in [-0.39, 0.29) is 76.8 Å². The Hall–Kier alpha value is -4.52. The first-order valence-electron chi connectivity index (χ1n) is 35.9. The number of aromatic hydroxyl groups is 3. The third-order valence-corrected chi connectivity index (χ3v) is 23.3. The van der Waals surface area contributed by atoms with Crippen molar-refractivity contribution in [3.8, 4) is 23.0 Å². The average molecular weight is 1600 g/mol. The predicted molar refractivity (Wildman–Crippen MR) is 356 cm³/mol. The highest BCUT2D eigenvalue weighted by Gasteiger charge is 2.70. The van der Waals surface area contributed by atoms with E-state index in [4.69, 9.17) is 137 Å². The van der Waals surface area contributed by atoms with E-state index < -0.39 is 254 Å². The number of nitro groups is 1. The van der Waals surface area contributed by atoms with E-state index in [0.717, 1.165) is 6.07 Å². The molecule has 9 N–H and O–H groups in total. The molecule has 11 fully saturated rings. The molecule has 109 heavy (non-hydrogen) atoms. The van der Waals surface area contributed by atoms with Crippen LogP contribution in [0.15, 0.2) is 12.1 Å². The summed E-state index contributed by atoms with van der Waals surface area (Å²) in [6, 6.07) is 2.29. The van der Waals surface area contributed by atoms with E-state index in [2.05, 4.69) is 0 Å². The molecule has 0 aliphatic carbocycles. The van der Waals surface area contributed by atoms with Crippen molar-refractivity contribution in [2.24, 2.45) is 5.92 Å². The Bertz CT molecular complexity index is 3590. The standard InChI is InChI=1S/C69H95Cl2NO37/c1-23-14-31(73)15-32(74)40(23)60(82)98-36-21-92-69(59-53(36)90-22-91-59)106-37-20-89-62(47(79)52(37)107-69)104-64-55(88-13)45(77)51(35(99-64)19-86-11)103-63-46(78)48(24(2)26(4)95-63)102-65-57(81)67(10)58(30(8)96-65)108-68(109-67)17-33(75)49(28(6)105-68)100-38-16-34(97-39-18-66(9,72(84)85)56(80)29(7)94-39)50(27(5)93-38)101-61(83)41-25(3)42(70)44(76)43(71)54(41)87-12/h14-15,24,26-30,33-39,45-53,55-59,62-65,73-81H,16-22H2,1-13H3/t24-,26+,27+,28+,29-,30+,33+,34+,35+,36+,37-,38-,39-,45-,46+,47+,48-,49+,50+,51+,52+,53-,55-,56-,57+,58+,59+,62-,63-,64-,65-,66-,67+,68+,69?/m0/s1. The number of halogens is 2. The first kappa shape index (κ1) is 82.5. The minimum Gasteiger partial charge on any atom is -0.508 e. The van der Waals surface area contributed by atoms with E-state index >= 15 is 0 Å². The third-order valence-electron chi connectivity index (χ3n) is 22.5. The largest absolute Gasteiger partial charge is 0.508 e. The smallest absolute Gasteiger partial charge is 0.342 e. The number of aliphatic hydroxyl groups excluding tert-OH is 6. The average Bonchev–Trinajstić information content (AvgIpc) is 1.58. The molecule has 0 radical (unpaired) electrons. The molecule has 11 saturated heterocycles. The molecule has 2 aromatic rings. The Morgan fingerprint density at radius 3 is 2.02 bits per heavy atom. The van der Waals surface area contributed by atoms with E-state index in [9.17, 15) is 65.7 Å². The summed E-state index contributed by atoms with van der Waals surface area (Å²) in [5.41, 5.74) is -3.75.